The molecule has 1 atom stereocenters. The maximum atomic E-state index is 13.2. The Labute approximate surface area is 154 Å². The molecule has 0 bridgehead atoms. The lowest BCUT2D eigenvalue weighted by Gasteiger charge is -2.31. The van der Waals surface area contributed by atoms with Gasteiger partial charge < -0.3 is 10.2 Å². The van der Waals surface area contributed by atoms with Gasteiger partial charge in [-0.3, -0.25) is 9.59 Å². The van der Waals surface area contributed by atoms with E-state index in [1.165, 1.54) is 29.5 Å². The van der Waals surface area contributed by atoms with Crippen molar-refractivity contribution in [3.8, 4) is 0 Å². The van der Waals surface area contributed by atoms with E-state index in [-0.39, 0.29) is 22.8 Å². The summed E-state index contributed by atoms with van der Waals surface area (Å²) in [5, 5.41) is 11.8. The first-order valence-corrected chi connectivity index (χ1v) is 9.61. The third-order valence-corrected chi connectivity index (χ3v) is 5.81. The molecule has 1 N–H and O–H groups in total. The van der Waals surface area contributed by atoms with Crippen molar-refractivity contribution >= 4 is 28.8 Å². The Morgan fingerprint density at radius 3 is 2.85 bits per heavy atom. The Kier molecular flexibility index (Phi) is 4.67. The van der Waals surface area contributed by atoms with Crippen molar-refractivity contribution in [1.82, 2.24) is 15.1 Å². The summed E-state index contributed by atoms with van der Waals surface area (Å²) in [6.45, 7) is 1.45. The number of anilines is 1. The van der Waals surface area contributed by atoms with E-state index in [1.807, 2.05) is 4.90 Å². The summed E-state index contributed by atoms with van der Waals surface area (Å²) >= 11 is 1.24. The van der Waals surface area contributed by atoms with Crippen LogP contribution in [0.15, 0.2) is 24.3 Å². The number of hydrogen-bond donors (Lipinski definition) is 1. The van der Waals surface area contributed by atoms with E-state index in [0.717, 1.165) is 37.2 Å². The Morgan fingerprint density at radius 1 is 1.23 bits per heavy atom. The Morgan fingerprint density at radius 2 is 2.08 bits per heavy atom. The quantitative estimate of drug-likeness (QED) is 0.893. The second-order valence-electron chi connectivity index (χ2n) is 6.81. The van der Waals surface area contributed by atoms with Gasteiger partial charge in [0.1, 0.15) is 10.8 Å². The van der Waals surface area contributed by atoms with Crippen molar-refractivity contribution in [3.63, 3.8) is 0 Å². The summed E-state index contributed by atoms with van der Waals surface area (Å²) < 4.78 is 13.2. The van der Waals surface area contributed by atoms with Gasteiger partial charge in [0, 0.05) is 30.6 Å². The van der Waals surface area contributed by atoms with Crippen LogP contribution < -0.4 is 5.32 Å². The number of rotatable bonds is 4. The Bertz CT molecular complexity index is 836. The van der Waals surface area contributed by atoms with Crippen molar-refractivity contribution in [2.24, 2.45) is 5.92 Å². The van der Waals surface area contributed by atoms with Crippen LogP contribution in [0.3, 0.4) is 0 Å². The van der Waals surface area contributed by atoms with Crippen LogP contribution in [0.1, 0.15) is 46.4 Å². The van der Waals surface area contributed by atoms with Crippen LogP contribution in [0.5, 0.6) is 0 Å². The van der Waals surface area contributed by atoms with Gasteiger partial charge in [0.2, 0.25) is 10.9 Å². The summed E-state index contributed by atoms with van der Waals surface area (Å²) in [5.74, 6) is -0.219. The van der Waals surface area contributed by atoms with Gasteiger partial charge in [-0.15, -0.1) is 10.2 Å². The van der Waals surface area contributed by atoms with Crippen molar-refractivity contribution in [2.75, 3.05) is 18.4 Å². The van der Waals surface area contributed by atoms with Crippen LogP contribution in [-0.2, 0) is 4.79 Å². The summed E-state index contributed by atoms with van der Waals surface area (Å²) in [6, 6.07) is 5.72. The van der Waals surface area contributed by atoms with Crippen molar-refractivity contribution < 1.29 is 14.0 Å². The summed E-state index contributed by atoms with van der Waals surface area (Å²) in [6.07, 6.45) is 3.88. The zero-order valence-corrected chi connectivity index (χ0v) is 15.0. The minimum absolute atomic E-state index is 0.125. The normalized spacial score (nSPS) is 20.0. The fourth-order valence-electron chi connectivity index (χ4n) is 3.21. The number of nitrogens with one attached hydrogen (secondary N) is 1. The number of carbonyl (C=O) groups is 2. The van der Waals surface area contributed by atoms with Gasteiger partial charge >= 0.3 is 0 Å². The number of hydrogen-bond acceptors (Lipinski definition) is 5. The molecule has 6 nitrogen and oxygen atoms in total. The van der Waals surface area contributed by atoms with E-state index >= 15 is 0 Å². The molecule has 8 heteroatoms. The zero-order valence-electron chi connectivity index (χ0n) is 14.2. The minimum Gasteiger partial charge on any atom is -0.342 e. The third-order valence-electron chi connectivity index (χ3n) is 4.73. The third kappa shape index (κ3) is 3.75. The lowest BCUT2D eigenvalue weighted by atomic mass is 9.98. The molecule has 0 spiro atoms. The van der Waals surface area contributed by atoms with Gasteiger partial charge in [-0.1, -0.05) is 17.4 Å². The SMILES string of the molecule is O=C(Nc1cccc(F)c1)c1nnc([C@H]2CCCN(C(=O)C3CC3)C2)s1. The highest BCUT2D eigenvalue weighted by Crippen LogP contribution is 2.35. The molecule has 1 aliphatic carbocycles. The average molecular weight is 374 g/mol. The van der Waals surface area contributed by atoms with Gasteiger partial charge in [0.05, 0.1) is 0 Å². The molecule has 1 aromatic heterocycles. The summed E-state index contributed by atoms with van der Waals surface area (Å²) in [5.41, 5.74) is 0.380. The number of likely N-dealkylation sites (tertiary alicyclic amines) is 1. The molecule has 0 radical (unpaired) electrons. The second-order valence-corrected chi connectivity index (χ2v) is 7.82. The molecule has 1 saturated carbocycles. The molecule has 1 aromatic carbocycles. The molecule has 1 aliphatic heterocycles. The molecule has 2 amide bonds. The molecule has 4 rings (SSSR count). The number of halogens is 1. The molecule has 136 valence electrons. The van der Waals surface area contributed by atoms with Gasteiger partial charge in [-0.25, -0.2) is 4.39 Å². The van der Waals surface area contributed by atoms with Crippen molar-refractivity contribution in [2.45, 2.75) is 31.6 Å². The fraction of sp³-hybridized carbons (Fsp3) is 0.444. The maximum absolute atomic E-state index is 13.2. The number of benzene rings is 1. The molecule has 2 fully saturated rings. The first-order chi connectivity index (χ1) is 12.6. The van der Waals surface area contributed by atoms with Crippen LogP contribution in [0, 0.1) is 11.7 Å². The monoisotopic (exact) mass is 374 g/mol. The number of amides is 2. The predicted molar refractivity (Wildman–Crippen MR) is 95.5 cm³/mol. The molecule has 2 aromatic rings. The smallest absolute Gasteiger partial charge is 0.286 e. The van der Waals surface area contributed by atoms with Crippen LogP contribution in [0.4, 0.5) is 10.1 Å². The van der Waals surface area contributed by atoms with E-state index in [0.29, 0.717) is 12.2 Å². The number of piperidine rings is 1. The predicted octanol–water partition coefficient (Wildman–Crippen LogP) is 3.05. The maximum Gasteiger partial charge on any atom is 0.286 e. The molecule has 26 heavy (non-hydrogen) atoms. The largest absolute Gasteiger partial charge is 0.342 e. The molecule has 2 heterocycles. The zero-order chi connectivity index (χ0) is 18.1. The second kappa shape index (κ2) is 7.11. The summed E-state index contributed by atoms with van der Waals surface area (Å²) in [7, 11) is 0. The van der Waals surface area contributed by atoms with E-state index in [2.05, 4.69) is 15.5 Å². The van der Waals surface area contributed by atoms with Gasteiger partial charge in [0.25, 0.3) is 5.91 Å². The van der Waals surface area contributed by atoms with Crippen LogP contribution in [0.2, 0.25) is 0 Å². The average Bonchev–Trinajstić information content (AvgIpc) is 3.37. The lowest BCUT2D eigenvalue weighted by Crippen LogP contribution is -2.39. The standard InChI is InChI=1S/C18H19FN4O2S/c19-13-4-1-5-14(9-13)20-15(24)17-22-21-16(26-17)12-3-2-8-23(10-12)18(25)11-6-7-11/h1,4-5,9,11-12H,2-3,6-8,10H2,(H,20,24)/t12-/m0/s1. The first kappa shape index (κ1) is 17.1. The number of carbonyl (C=O) groups excluding carboxylic acids is 2. The number of nitrogens with zero attached hydrogens (tertiary/aromatic N) is 3. The van der Waals surface area contributed by atoms with Crippen molar-refractivity contribution in [3.05, 3.63) is 40.1 Å². The van der Waals surface area contributed by atoms with Crippen molar-refractivity contribution in [1.29, 1.82) is 0 Å². The van der Waals surface area contributed by atoms with E-state index in [4.69, 9.17) is 0 Å². The molecule has 1 saturated heterocycles. The van der Waals surface area contributed by atoms with E-state index < -0.39 is 11.7 Å². The minimum atomic E-state index is -0.414. The molecule has 2 aliphatic rings. The fourth-order valence-corrected chi connectivity index (χ4v) is 4.07. The topological polar surface area (TPSA) is 75.2 Å². The Hall–Kier alpha value is -2.35. The highest BCUT2D eigenvalue weighted by atomic mass is 32.1. The lowest BCUT2D eigenvalue weighted by molar-refractivity contribution is -0.133. The van der Waals surface area contributed by atoms with Crippen LogP contribution in [0.25, 0.3) is 0 Å². The number of aromatic nitrogens is 2. The van der Waals surface area contributed by atoms with Gasteiger partial charge in [-0.05, 0) is 43.9 Å². The van der Waals surface area contributed by atoms with Gasteiger partial charge in [-0.2, -0.15) is 0 Å². The van der Waals surface area contributed by atoms with Crippen LogP contribution >= 0.6 is 11.3 Å². The highest BCUT2D eigenvalue weighted by molar-refractivity contribution is 7.13. The Balaban J connectivity index is 1.42. The molecule has 0 unspecified atom stereocenters. The van der Waals surface area contributed by atoms with E-state index in [1.54, 1.807) is 6.07 Å². The van der Waals surface area contributed by atoms with E-state index in [9.17, 15) is 14.0 Å². The van der Waals surface area contributed by atoms with Crippen LogP contribution in [-0.4, -0.2) is 40.0 Å². The summed E-state index contributed by atoms with van der Waals surface area (Å²) in [4.78, 5) is 26.5. The molecular weight excluding hydrogens is 355 g/mol. The van der Waals surface area contributed by atoms with Gasteiger partial charge in [0.15, 0.2) is 0 Å². The highest BCUT2D eigenvalue weighted by Gasteiger charge is 2.36. The molecular formula is C18H19FN4O2S. The first-order valence-electron chi connectivity index (χ1n) is 8.79.